The standard InChI is InChI=1S/C15H19N3O3/c1-9-5-6-11(18-14(19)21-15(2,3)4)13-12(9)10(7-16-13)8-17-20/h5-8,16,20H,1-4H3,(H,18,19). The predicted octanol–water partition coefficient (Wildman–Crippen LogP) is 3.63. The number of aromatic nitrogens is 1. The number of oxime groups is 1. The first-order valence-corrected chi connectivity index (χ1v) is 6.60. The summed E-state index contributed by atoms with van der Waals surface area (Å²) in [7, 11) is 0. The molecule has 0 bridgehead atoms. The van der Waals surface area contributed by atoms with Crippen LogP contribution in [0.5, 0.6) is 0 Å². The van der Waals surface area contributed by atoms with Gasteiger partial charge in [0.15, 0.2) is 0 Å². The molecule has 2 rings (SSSR count). The van der Waals surface area contributed by atoms with Crippen molar-refractivity contribution in [1.82, 2.24) is 4.98 Å². The summed E-state index contributed by atoms with van der Waals surface area (Å²) in [6, 6.07) is 3.69. The third kappa shape index (κ3) is 3.34. The molecule has 3 N–H and O–H groups in total. The van der Waals surface area contributed by atoms with Crippen LogP contribution in [0.3, 0.4) is 0 Å². The van der Waals surface area contributed by atoms with Crippen LogP contribution in [-0.4, -0.2) is 28.1 Å². The second-order valence-corrected chi connectivity index (χ2v) is 5.80. The maximum Gasteiger partial charge on any atom is 0.412 e. The maximum absolute atomic E-state index is 11.9. The first-order chi connectivity index (χ1) is 9.81. The summed E-state index contributed by atoms with van der Waals surface area (Å²) in [5.74, 6) is 0. The number of aromatic amines is 1. The Labute approximate surface area is 122 Å². The molecule has 1 amide bonds. The molecular formula is C15H19N3O3. The number of rotatable bonds is 2. The Kier molecular flexibility index (Phi) is 3.88. The summed E-state index contributed by atoms with van der Waals surface area (Å²) in [6.07, 6.45) is 2.56. The summed E-state index contributed by atoms with van der Waals surface area (Å²) in [5.41, 5.74) is 2.57. The average Bonchev–Trinajstić information content (AvgIpc) is 2.76. The van der Waals surface area contributed by atoms with Crippen LogP contribution in [0.15, 0.2) is 23.5 Å². The third-order valence-electron chi connectivity index (χ3n) is 2.91. The summed E-state index contributed by atoms with van der Waals surface area (Å²) in [5, 5.41) is 15.4. The van der Waals surface area contributed by atoms with E-state index in [0.717, 1.165) is 22.0 Å². The average molecular weight is 289 g/mol. The number of fused-ring (bicyclic) bond motifs is 1. The topological polar surface area (TPSA) is 86.7 Å². The Morgan fingerprint density at radius 3 is 2.76 bits per heavy atom. The quantitative estimate of drug-likeness (QED) is 0.448. The minimum Gasteiger partial charge on any atom is -0.444 e. The number of aryl methyl sites for hydroxylation is 1. The van der Waals surface area contributed by atoms with Crippen molar-refractivity contribution in [2.75, 3.05) is 5.32 Å². The van der Waals surface area contributed by atoms with E-state index in [9.17, 15) is 4.79 Å². The second kappa shape index (κ2) is 5.47. The van der Waals surface area contributed by atoms with Crippen molar-refractivity contribution in [2.45, 2.75) is 33.3 Å². The zero-order valence-corrected chi connectivity index (χ0v) is 12.5. The number of nitrogens with one attached hydrogen (secondary N) is 2. The lowest BCUT2D eigenvalue weighted by Crippen LogP contribution is -2.27. The molecule has 0 spiro atoms. The molecule has 6 heteroatoms. The minimum absolute atomic E-state index is 0.514. The zero-order valence-electron chi connectivity index (χ0n) is 12.5. The number of anilines is 1. The second-order valence-electron chi connectivity index (χ2n) is 5.80. The summed E-state index contributed by atoms with van der Waals surface area (Å²) >= 11 is 0. The fraction of sp³-hybridized carbons (Fsp3) is 0.333. The molecule has 0 fully saturated rings. The van der Waals surface area contributed by atoms with Gasteiger partial charge in [-0.25, -0.2) is 4.79 Å². The van der Waals surface area contributed by atoms with Gasteiger partial charge in [0.05, 0.1) is 17.4 Å². The Hall–Kier alpha value is -2.50. The SMILES string of the molecule is Cc1ccc(NC(=O)OC(C)(C)C)c2[nH]cc(C=NO)c12. The van der Waals surface area contributed by atoms with Gasteiger partial charge in [-0.15, -0.1) is 0 Å². The van der Waals surface area contributed by atoms with Crippen molar-refractivity contribution in [3.63, 3.8) is 0 Å². The number of carbonyl (C=O) groups excluding carboxylic acids is 1. The number of amides is 1. The molecule has 6 nitrogen and oxygen atoms in total. The predicted molar refractivity (Wildman–Crippen MR) is 82.3 cm³/mol. The Morgan fingerprint density at radius 1 is 1.43 bits per heavy atom. The van der Waals surface area contributed by atoms with Gasteiger partial charge in [0.1, 0.15) is 5.60 Å². The lowest BCUT2D eigenvalue weighted by Gasteiger charge is -2.20. The molecule has 0 radical (unpaired) electrons. The third-order valence-corrected chi connectivity index (χ3v) is 2.91. The largest absolute Gasteiger partial charge is 0.444 e. The van der Waals surface area contributed by atoms with E-state index in [2.05, 4.69) is 15.5 Å². The smallest absolute Gasteiger partial charge is 0.412 e. The molecular weight excluding hydrogens is 270 g/mol. The van der Waals surface area contributed by atoms with Gasteiger partial charge >= 0.3 is 6.09 Å². The van der Waals surface area contributed by atoms with Gasteiger partial charge in [-0.3, -0.25) is 5.32 Å². The van der Waals surface area contributed by atoms with Gasteiger partial charge in [-0.2, -0.15) is 0 Å². The normalized spacial score (nSPS) is 12.0. The highest BCUT2D eigenvalue weighted by atomic mass is 16.6. The molecule has 0 atom stereocenters. The Bertz CT molecular complexity index is 696. The van der Waals surface area contributed by atoms with E-state index in [1.54, 1.807) is 12.3 Å². The molecule has 1 aromatic heterocycles. The number of H-pyrrole nitrogens is 1. The first kappa shape index (κ1) is 14.9. The zero-order chi connectivity index (χ0) is 15.6. The van der Waals surface area contributed by atoms with Crippen molar-refractivity contribution < 1.29 is 14.7 Å². The monoisotopic (exact) mass is 289 g/mol. The van der Waals surface area contributed by atoms with Crippen LogP contribution in [0.1, 0.15) is 31.9 Å². The Morgan fingerprint density at radius 2 is 2.14 bits per heavy atom. The number of hydrogen-bond donors (Lipinski definition) is 3. The Balaban J connectivity index is 2.38. The molecule has 2 aromatic rings. The van der Waals surface area contributed by atoms with E-state index in [4.69, 9.17) is 9.94 Å². The number of nitrogens with zero attached hydrogens (tertiary/aromatic N) is 1. The fourth-order valence-electron chi connectivity index (χ4n) is 2.13. The molecule has 0 saturated carbocycles. The van der Waals surface area contributed by atoms with Gasteiger partial charge in [-0.1, -0.05) is 11.2 Å². The maximum atomic E-state index is 11.9. The molecule has 0 saturated heterocycles. The van der Waals surface area contributed by atoms with Crippen LogP contribution < -0.4 is 5.32 Å². The van der Waals surface area contributed by atoms with E-state index >= 15 is 0 Å². The van der Waals surface area contributed by atoms with Crippen molar-refractivity contribution in [1.29, 1.82) is 0 Å². The van der Waals surface area contributed by atoms with Crippen molar-refractivity contribution in [3.8, 4) is 0 Å². The highest BCUT2D eigenvalue weighted by Crippen LogP contribution is 2.28. The number of carbonyl (C=O) groups is 1. The lowest BCUT2D eigenvalue weighted by molar-refractivity contribution is 0.0636. The highest BCUT2D eigenvalue weighted by Gasteiger charge is 2.18. The lowest BCUT2D eigenvalue weighted by atomic mass is 10.1. The van der Waals surface area contributed by atoms with Crippen LogP contribution >= 0.6 is 0 Å². The molecule has 1 heterocycles. The van der Waals surface area contributed by atoms with Crippen LogP contribution in [0, 0.1) is 6.92 Å². The summed E-state index contributed by atoms with van der Waals surface area (Å²) in [4.78, 5) is 15.0. The molecule has 112 valence electrons. The van der Waals surface area contributed by atoms with Crippen LogP contribution in [0.2, 0.25) is 0 Å². The van der Waals surface area contributed by atoms with Crippen LogP contribution in [0.4, 0.5) is 10.5 Å². The van der Waals surface area contributed by atoms with Crippen molar-refractivity contribution >= 4 is 28.9 Å². The van der Waals surface area contributed by atoms with E-state index in [0.29, 0.717) is 5.69 Å². The van der Waals surface area contributed by atoms with Gasteiger partial charge in [0, 0.05) is 17.1 Å². The molecule has 0 aliphatic carbocycles. The first-order valence-electron chi connectivity index (χ1n) is 6.60. The summed E-state index contributed by atoms with van der Waals surface area (Å²) < 4.78 is 5.24. The van der Waals surface area contributed by atoms with E-state index < -0.39 is 11.7 Å². The van der Waals surface area contributed by atoms with Gasteiger partial charge in [-0.05, 0) is 39.3 Å². The van der Waals surface area contributed by atoms with Crippen LogP contribution in [-0.2, 0) is 4.74 Å². The minimum atomic E-state index is -0.557. The van der Waals surface area contributed by atoms with Gasteiger partial charge in [0.25, 0.3) is 0 Å². The number of benzene rings is 1. The van der Waals surface area contributed by atoms with Gasteiger partial charge in [0.2, 0.25) is 0 Å². The molecule has 0 aliphatic heterocycles. The van der Waals surface area contributed by atoms with Crippen molar-refractivity contribution in [3.05, 3.63) is 29.5 Å². The summed E-state index contributed by atoms with van der Waals surface area (Å²) in [6.45, 7) is 7.37. The van der Waals surface area contributed by atoms with Crippen LogP contribution in [0.25, 0.3) is 10.9 Å². The highest BCUT2D eigenvalue weighted by molar-refractivity contribution is 6.07. The van der Waals surface area contributed by atoms with E-state index in [-0.39, 0.29) is 0 Å². The van der Waals surface area contributed by atoms with E-state index in [1.807, 2.05) is 33.8 Å². The molecule has 0 aliphatic rings. The molecule has 1 aromatic carbocycles. The number of ether oxygens (including phenoxy) is 1. The number of hydrogen-bond acceptors (Lipinski definition) is 4. The molecule has 0 unspecified atom stereocenters. The van der Waals surface area contributed by atoms with E-state index in [1.165, 1.54) is 6.21 Å². The van der Waals surface area contributed by atoms with Crippen molar-refractivity contribution in [2.24, 2.45) is 5.16 Å². The fourth-order valence-corrected chi connectivity index (χ4v) is 2.13. The van der Waals surface area contributed by atoms with Gasteiger partial charge < -0.3 is 14.9 Å². The molecule has 21 heavy (non-hydrogen) atoms.